The second-order valence-electron chi connectivity index (χ2n) is 3.82. The third-order valence-corrected chi connectivity index (χ3v) is 4.06. The van der Waals surface area contributed by atoms with Crippen molar-refractivity contribution in [1.82, 2.24) is 15.2 Å². The maximum Gasteiger partial charge on any atom is 0.205 e. The van der Waals surface area contributed by atoms with Crippen LogP contribution >= 0.6 is 22.7 Å². The van der Waals surface area contributed by atoms with Crippen LogP contribution in [0.2, 0.25) is 0 Å². The van der Waals surface area contributed by atoms with Crippen LogP contribution in [0.1, 0.15) is 35.5 Å². The molecule has 0 radical (unpaired) electrons. The van der Waals surface area contributed by atoms with E-state index >= 15 is 0 Å². The third kappa shape index (κ3) is 3.74. The molecule has 0 spiro atoms. The second-order valence-corrected chi connectivity index (χ2v) is 5.94. The Morgan fingerprint density at radius 1 is 1.35 bits per heavy atom. The van der Waals surface area contributed by atoms with E-state index in [0.29, 0.717) is 0 Å². The summed E-state index contributed by atoms with van der Waals surface area (Å²) in [4.78, 5) is 4.39. The largest absolute Gasteiger partial charge is 0.354 e. The molecular formula is C11H16N4S2. The lowest BCUT2D eigenvalue weighted by atomic mass is 10.3. The zero-order valence-corrected chi connectivity index (χ0v) is 11.7. The van der Waals surface area contributed by atoms with E-state index in [9.17, 15) is 0 Å². The standard InChI is InChI=1S/C11H16N4S2/c1-3-4-5-10-14-15-11(17-10)12-6-9-7-16-8(2)13-9/h7H,3-6H2,1-2H3,(H,12,15). The number of thiazole rings is 1. The van der Waals surface area contributed by atoms with Gasteiger partial charge in [0.05, 0.1) is 17.2 Å². The van der Waals surface area contributed by atoms with Gasteiger partial charge >= 0.3 is 0 Å². The first kappa shape index (κ1) is 12.4. The molecule has 0 atom stereocenters. The fourth-order valence-electron chi connectivity index (χ4n) is 1.41. The number of anilines is 1. The number of aromatic nitrogens is 3. The van der Waals surface area contributed by atoms with E-state index in [1.807, 2.05) is 6.92 Å². The molecule has 0 unspecified atom stereocenters. The quantitative estimate of drug-likeness (QED) is 0.873. The van der Waals surface area contributed by atoms with Crippen molar-refractivity contribution in [3.63, 3.8) is 0 Å². The number of nitrogens with one attached hydrogen (secondary N) is 1. The molecule has 2 aromatic heterocycles. The average Bonchev–Trinajstić information content (AvgIpc) is 2.93. The number of hydrogen-bond donors (Lipinski definition) is 1. The zero-order valence-electron chi connectivity index (χ0n) is 10.1. The molecule has 4 nitrogen and oxygen atoms in total. The monoisotopic (exact) mass is 268 g/mol. The Kier molecular flexibility index (Phi) is 4.44. The van der Waals surface area contributed by atoms with Crippen LogP contribution in [0.3, 0.4) is 0 Å². The minimum atomic E-state index is 0.729. The molecule has 0 amide bonds. The molecule has 0 fully saturated rings. The van der Waals surface area contributed by atoms with Crippen molar-refractivity contribution in [1.29, 1.82) is 0 Å². The Labute approximate surface area is 109 Å². The van der Waals surface area contributed by atoms with Gasteiger partial charge in [-0.15, -0.1) is 21.5 Å². The van der Waals surface area contributed by atoms with Crippen molar-refractivity contribution >= 4 is 27.8 Å². The van der Waals surface area contributed by atoms with Gasteiger partial charge in [0, 0.05) is 11.8 Å². The molecule has 0 saturated heterocycles. The predicted molar refractivity (Wildman–Crippen MR) is 72.7 cm³/mol. The summed E-state index contributed by atoms with van der Waals surface area (Å²) in [7, 11) is 0. The fraction of sp³-hybridized carbons (Fsp3) is 0.545. The molecule has 1 N–H and O–H groups in total. The highest BCUT2D eigenvalue weighted by Gasteiger charge is 2.04. The van der Waals surface area contributed by atoms with E-state index in [2.05, 4.69) is 32.8 Å². The van der Waals surface area contributed by atoms with E-state index in [0.717, 1.165) is 33.8 Å². The molecule has 0 aliphatic carbocycles. The fourth-order valence-corrected chi connectivity index (χ4v) is 2.80. The van der Waals surface area contributed by atoms with Crippen molar-refractivity contribution in [2.45, 2.75) is 39.7 Å². The van der Waals surface area contributed by atoms with E-state index in [1.165, 1.54) is 12.8 Å². The van der Waals surface area contributed by atoms with Crippen LogP contribution < -0.4 is 5.32 Å². The van der Waals surface area contributed by atoms with Gasteiger partial charge in [-0.3, -0.25) is 0 Å². The van der Waals surface area contributed by atoms with Crippen LogP contribution in [0.25, 0.3) is 0 Å². The minimum Gasteiger partial charge on any atom is -0.354 e. The van der Waals surface area contributed by atoms with Gasteiger partial charge < -0.3 is 5.32 Å². The number of nitrogens with zero attached hydrogens (tertiary/aromatic N) is 3. The lowest BCUT2D eigenvalue weighted by molar-refractivity contribution is 0.779. The summed E-state index contributed by atoms with van der Waals surface area (Å²) in [6, 6.07) is 0. The van der Waals surface area contributed by atoms with Crippen molar-refractivity contribution in [3.8, 4) is 0 Å². The molecule has 92 valence electrons. The van der Waals surface area contributed by atoms with Gasteiger partial charge in [-0.2, -0.15) is 0 Å². The van der Waals surface area contributed by atoms with Gasteiger partial charge in [-0.1, -0.05) is 24.7 Å². The van der Waals surface area contributed by atoms with Gasteiger partial charge in [0.1, 0.15) is 5.01 Å². The highest BCUT2D eigenvalue weighted by Crippen LogP contribution is 2.18. The highest BCUT2D eigenvalue weighted by atomic mass is 32.1. The molecule has 6 heteroatoms. The van der Waals surface area contributed by atoms with E-state index in [1.54, 1.807) is 22.7 Å². The Hall–Kier alpha value is -1.01. The van der Waals surface area contributed by atoms with Gasteiger partial charge in [0.25, 0.3) is 0 Å². The summed E-state index contributed by atoms with van der Waals surface area (Å²) in [5, 5.41) is 16.7. The predicted octanol–water partition coefficient (Wildman–Crippen LogP) is 3.26. The van der Waals surface area contributed by atoms with Crippen molar-refractivity contribution in [2.24, 2.45) is 0 Å². The lowest BCUT2D eigenvalue weighted by Crippen LogP contribution is -1.99. The van der Waals surface area contributed by atoms with Crippen LogP contribution in [0.15, 0.2) is 5.38 Å². The van der Waals surface area contributed by atoms with E-state index in [4.69, 9.17) is 0 Å². The number of rotatable bonds is 6. The van der Waals surface area contributed by atoms with Gasteiger partial charge in [0.15, 0.2) is 0 Å². The van der Waals surface area contributed by atoms with Crippen molar-refractivity contribution in [3.05, 3.63) is 21.1 Å². The maximum atomic E-state index is 4.39. The molecule has 2 heterocycles. The topological polar surface area (TPSA) is 50.7 Å². The van der Waals surface area contributed by atoms with Crippen LogP contribution in [0.5, 0.6) is 0 Å². The molecule has 17 heavy (non-hydrogen) atoms. The Morgan fingerprint density at radius 3 is 2.94 bits per heavy atom. The summed E-state index contributed by atoms with van der Waals surface area (Å²) in [6.45, 7) is 4.93. The number of hydrogen-bond acceptors (Lipinski definition) is 6. The maximum absolute atomic E-state index is 4.39. The minimum absolute atomic E-state index is 0.729. The summed E-state index contributed by atoms with van der Waals surface area (Å²) >= 11 is 3.31. The number of aryl methyl sites for hydroxylation is 2. The Bertz CT molecular complexity index is 463. The molecule has 0 aliphatic rings. The second kappa shape index (κ2) is 6.07. The Morgan fingerprint density at radius 2 is 2.24 bits per heavy atom. The molecule has 2 rings (SSSR count). The number of unbranched alkanes of at least 4 members (excludes halogenated alkanes) is 1. The normalized spacial score (nSPS) is 10.7. The SMILES string of the molecule is CCCCc1nnc(NCc2csc(C)n2)s1. The van der Waals surface area contributed by atoms with Crippen molar-refractivity contribution < 1.29 is 0 Å². The van der Waals surface area contributed by atoms with E-state index < -0.39 is 0 Å². The molecule has 0 aromatic carbocycles. The summed E-state index contributed by atoms with van der Waals surface area (Å²) in [5.41, 5.74) is 1.07. The molecule has 0 aliphatic heterocycles. The van der Waals surface area contributed by atoms with Crippen LogP contribution in [-0.4, -0.2) is 15.2 Å². The van der Waals surface area contributed by atoms with Crippen LogP contribution in [0.4, 0.5) is 5.13 Å². The highest BCUT2D eigenvalue weighted by molar-refractivity contribution is 7.15. The zero-order chi connectivity index (χ0) is 12.1. The lowest BCUT2D eigenvalue weighted by Gasteiger charge is -1.97. The molecule has 0 saturated carbocycles. The van der Waals surface area contributed by atoms with E-state index in [-0.39, 0.29) is 0 Å². The summed E-state index contributed by atoms with van der Waals surface area (Å²) in [5.74, 6) is 0. The summed E-state index contributed by atoms with van der Waals surface area (Å²) in [6.07, 6.45) is 3.41. The third-order valence-electron chi connectivity index (χ3n) is 2.30. The first-order valence-electron chi connectivity index (χ1n) is 5.75. The van der Waals surface area contributed by atoms with Crippen molar-refractivity contribution in [2.75, 3.05) is 5.32 Å². The smallest absolute Gasteiger partial charge is 0.205 e. The average molecular weight is 268 g/mol. The Balaban J connectivity index is 1.84. The first-order valence-corrected chi connectivity index (χ1v) is 7.45. The van der Waals surface area contributed by atoms with Crippen LogP contribution in [0, 0.1) is 6.92 Å². The summed E-state index contributed by atoms with van der Waals surface area (Å²) < 4.78 is 0. The molecule has 0 bridgehead atoms. The van der Waals surface area contributed by atoms with Gasteiger partial charge in [0.2, 0.25) is 5.13 Å². The molecular weight excluding hydrogens is 252 g/mol. The van der Waals surface area contributed by atoms with Crippen LogP contribution in [-0.2, 0) is 13.0 Å². The molecule has 2 aromatic rings. The first-order chi connectivity index (χ1) is 8.28. The van der Waals surface area contributed by atoms with Gasteiger partial charge in [-0.25, -0.2) is 4.98 Å². The van der Waals surface area contributed by atoms with Gasteiger partial charge in [-0.05, 0) is 13.3 Å².